The normalized spacial score (nSPS) is 20.1. The Labute approximate surface area is 199 Å². The van der Waals surface area contributed by atoms with Crippen LogP contribution in [0.2, 0.25) is 0 Å². The zero-order valence-electron chi connectivity index (χ0n) is 19.2. The van der Waals surface area contributed by atoms with Crippen LogP contribution in [0.15, 0.2) is 60.9 Å². The molecular weight excluding hydrogens is 428 g/mol. The Morgan fingerprint density at radius 3 is 2.68 bits per heavy atom. The molecule has 2 atom stereocenters. The molecule has 7 nitrogen and oxygen atoms in total. The van der Waals surface area contributed by atoms with Crippen molar-refractivity contribution in [2.75, 3.05) is 44.7 Å². The van der Waals surface area contributed by atoms with Crippen LogP contribution < -0.4 is 10.6 Å². The molecule has 0 unspecified atom stereocenters. The third-order valence-electron chi connectivity index (χ3n) is 6.68. The van der Waals surface area contributed by atoms with Gasteiger partial charge in [0.2, 0.25) is 5.91 Å². The van der Waals surface area contributed by atoms with Gasteiger partial charge in [-0.2, -0.15) is 0 Å². The first kappa shape index (κ1) is 22.5. The highest BCUT2D eigenvalue weighted by atomic mass is 16.5. The van der Waals surface area contributed by atoms with Crippen molar-refractivity contribution in [3.63, 3.8) is 0 Å². The third-order valence-corrected chi connectivity index (χ3v) is 6.68. The molecule has 2 aromatic carbocycles. The Hall–Kier alpha value is -3.29. The summed E-state index contributed by atoms with van der Waals surface area (Å²) in [5.41, 5.74) is 2.56. The van der Waals surface area contributed by atoms with Gasteiger partial charge in [-0.3, -0.25) is 19.5 Å². The van der Waals surface area contributed by atoms with Crippen molar-refractivity contribution < 1.29 is 14.3 Å². The first-order chi connectivity index (χ1) is 16.7. The van der Waals surface area contributed by atoms with Gasteiger partial charge >= 0.3 is 0 Å². The van der Waals surface area contributed by atoms with Gasteiger partial charge in [0, 0.05) is 54.6 Å². The summed E-state index contributed by atoms with van der Waals surface area (Å²) in [6.45, 7) is 5.16. The summed E-state index contributed by atoms with van der Waals surface area (Å²) < 4.78 is 5.36. The molecule has 2 heterocycles. The van der Waals surface area contributed by atoms with Crippen LogP contribution >= 0.6 is 0 Å². The maximum Gasteiger partial charge on any atom is 0.251 e. The molecule has 5 rings (SSSR count). The number of hydrogen-bond acceptors (Lipinski definition) is 5. The monoisotopic (exact) mass is 458 g/mol. The molecule has 3 aromatic rings. The van der Waals surface area contributed by atoms with Crippen molar-refractivity contribution in [1.29, 1.82) is 0 Å². The molecule has 2 N–H and O–H groups in total. The topological polar surface area (TPSA) is 83.6 Å². The Kier molecular flexibility index (Phi) is 6.83. The second-order valence-corrected chi connectivity index (χ2v) is 9.06. The van der Waals surface area contributed by atoms with Crippen LogP contribution in [-0.2, 0) is 9.53 Å². The summed E-state index contributed by atoms with van der Waals surface area (Å²) in [4.78, 5) is 31.7. The highest BCUT2D eigenvalue weighted by Gasteiger charge is 2.43. The standard InChI is InChI=1S/C27H30N4O3/c32-26(29-9-1-11-31-12-14-34-15-13-31)20-4-2-19(3-5-20)24-17-25(24)27(33)30-23-7-6-22-18-28-10-8-21(22)16-23/h2-8,10,16,18,24-25H,1,9,11-15,17H2,(H,29,32)(H,30,33)/t24-,25+/m0/s1. The quantitative estimate of drug-likeness (QED) is 0.506. The van der Waals surface area contributed by atoms with Crippen LogP contribution in [-0.4, -0.2) is 61.1 Å². The van der Waals surface area contributed by atoms with Crippen LogP contribution in [0, 0.1) is 5.92 Å². The number of hydrogen-bond donors (Lipinski definition) is 2. The van der Waals surface area contributed by atoms with Gasteiger partial charge in [0.25, 0.3) is 5.91 Å². The lowest BCUT2D eigenvalue weighted by molar-refractivity contribution is -0.117. The predicted molar refractivity (Wildman–Crippen MR) is 132 cm³/mol. The summed E-state index contributed by atoms with van der Waals surface area (Å²) in [6.07, 6.45) is 5.32. The number of amides is 2. The van der Waals surface area contributed by atoms with E-state index in [9.17, 15) is 9.59 Å². The van der Waals surface area contributed by atoms with E-state index in [2.05, 4.69) is 20.5 Å². The number of nitrogens with one attached hydrogen (secondary N) is 2. The zero-order valence-corrected chi connectivity index (χ0v) is 19.2. The zero-order chi connectivity index (χ0) is 23.3. The fraction of sp³-hybridized carbons (Fsp3) is 0.370. The molecule has 2 aliphatic rings. The van der Waals surface area contributed by atoms with E-state index < -0.39 is 0 Å². The smallest absolute Gasteiger partial charge is 0.251 e. The number of carbonyl (C=O) groups excluding carboxylic acids is 2. The maximum absolute atomic E-state index is 12.7. The first-order valence-electron chi connectivity index (χ1n) is 12.0. The second kappa shape index (κ2) is 10.3. The average molecular weight is 459 g/mol. The fourth-order valence-corrected chi connectivity index (χ4v) is 4.56. The molecule has 34 heavy (non-hydrogen) atoms. The Morgan fingerprint density at radius 1 is 1.03 bits per heavy atom. The van der Waals surface area contributed by atoms with Crippen LogP contribution in [0.25, 0.3) is 10.8 Å². The van der Waals surface area contributed by atoms with Crippen LogP contribution in [0.3, 0.4) is 0 Å². The molecule has 1 aliphatic carbocycles. The van der Waals surface area contributed by atoms with E-state index in [1.165, 1.54) is 0 Å². The van der Waals surface area contributed by atoms with Crippen molar-refractivity contribution in [3.05, 3.63) is 72.1 Å². The predicted octanol–water partition coefficient (Wildman–Crippen LogP) is 3.43. The number of anilines is 1. The fourth-order valence-electron chi connectivity index (χ4n) is 4.56. The lowest BCUT2D eigenvalue weighted by Crippen LogP contribution is -2.38. The molecule has 2 fully saturated rings. The van der Waals surface area contributed by atoms with Gasteiger partial charge in [0.1, 0.15) is 0 Å². The van der Waals surface area contributed by atoms with Crippen molar-refractivity contribution in [2.45, 2.75) is 18.8 Å². The van der Waals surface area contributed by atoms with E-state index in [1.807, 2.05) is 54.7 Å². The summed E-state index contributed by atoms with van der Waals surface area (Å²) in [5, 5.41) is 8.15. The highest BCUT2D eigenvalue weighted by molar-refractivity contribution is 5.97. The number of ether oxygens (including phenoxy) is 1. The van der Waals surface area contributed by atoms with Crippen molar-refractivity contribution in [3.8, 4) is 0 Å². The van der Waals surface area contributed by atoms with Gasteiger partial charge < -0.3 is 15.4 Å². The highest BCUT2D eigenvalue weighted by Crippen LogP contribution is 2.48. The molecule has 0 radical (unpaired) electrons. The van der Waals surface area contributed by atoms with E-state index in [1.54, 1.807) is 6.20 Å². The van der Waals surface area contributed by atoms with Gasteiger partial charge in [-0.15, -0.1) is 0 Å². The second-order valence-electron chi connectivity index (χ2n) is 9.06. The average Bonchev–Trinajstić information content (AvgIpc) is 3.68. The minimum absolute atomic E-state index is 0.0343. The molecule has 1 saturated heterocycles. The minimum atomic E-state index is -0.0508. The number of aromatic nitrogens is 1. The SMILES string of the molecule is O=C(NCCCN1CCOCC1)c1ccc([C@@H]2C[C@H]2C(=O)Nc2ccc3cnccc3c2)cc1. The lowest BCUT2D eigenvalue weighted by atomic mass is 10.1. The van der Waals surface area contributed by atoms with Crippen LogP contribution in [0.5, 0.6) is 0 Å². The van der Waals surface area contributed by atoms with E-state index in [-0.39, 0.29) is 23.7 Å². The Morgan fingerprint density at radius 2 is 1.85 bits per heavy atom. The number of fused-ring (bicyclic) bond motifs is 1. The number of benzene rings is 2. The van der Waals surface area contributed by atoms with Gasteiger partial charge in [0.05, 0.1) is 13.2 Å². The molecule has 0 bridgehead atoms. The number of morpholine rings is 1. The molecular formula is C27H30N4O3. The molecule has 1 aromatic heterocycles. The van der Waals surface area contributed by atoms with Gasteiger partial charge in [-0.1, -0.05) is 18.2 Å². The maximum atomic E-state index is 12.7. The Balaban J connectivity index is 1.08. The molecule has 2 amide bonds. The summed E-state index contributed by atoms with van der Waals surface area (Å²) in [7, 11) is 0. The Bertz CT molecular complexity index is 1160. The van der Waals surface area contributed by atoms with E-state index in [0.29, 0.717) is 12.1 Å². The minimum Gasteiger partial charge on any atom is -0.379 e. The number of rotatable bonds is 8. The van der Waals surface area contributed by atoms with E-state index in [4.69, 9.17) is 4.74 Å². The summed E-state index contributed by atoms with van der Waals surface area (Å²) >= 11 is 0. The van der Waals surface area contributed by atoms with Gasteiger partial charge in [-0.25, -0.2) is 0 Å². The van der Waals surface area contributed by atoms with Crippen molar-refractivity contribution in [1.82, 2.24) is 15.2 Å². The lowest BCUT2D eigenvalue weighted by Gasteiger charge is -2.26. The number of nitrogens with zero attached hydrogens (tertiary/aromatic N) is 2. The number of pyridine rings is 1. The van der Waals surface area contributed by atoms with Crippen LogP contribution in [0.1, 0.15) is 34.7 Å². The van der Waals surface area contributed by atoms with Crippen molar-refractivity contribution >= 4 is 28.3 Å². The third kappa shape index (κ3) is 5.43. The molecule has 7 heteroatoms. The van der Waals surface area contributed by atoms with Crippen molar-refractivity contribution in [2.24, 2.45) is 5.92 Å². The first-order valence-corrected chi connectivity index (χ1v) is 12.0. The summed E-state index contributed by atoms with van der Waals surface area (Å²) in [6, 6.07) is 15.5. The van der Waals surface area contributed by atoms with E-state index >= 15 is 0 Å². The van der Waals surface area contributed by atoms with E-state index in [0.717, 1.165) is 67.7 Å². The van der Waals surface area contributed by atoms with Gasteiger partial charge in [0.15, 0.2) is 0 Å². The number of carbonyl (C=O) groups is 2. The molecule has 1 aliphatic heterocycles. The molecule has 1 saturated carbocycles. The summed E-state index contributed by atoms with van der Waals surface area (Å²) in [5.74, 6) is 0.161. The molecule has 0 spiro atoms. The molecule has 176 valence electrons. The van der Waals surface area contributed by atoms with Gasteiger partial charge in [-0.05, 0) is 66.6 Å². The van der Waals surface area contributed by atoms with Crippen LogP contribution in [0.4, 0.5) is 5.69 Å². The largest absolute Gasteiger partial charge is 0.379 e.